The third-order valence-corrected chi connectivity index (χ3v) is 2.98. The Morgan fingerprint density at radius 2 is 2.37 bits per heavy atom. The minimum absolute atomic E-state index is 0.0231. The number of pyridine rings is 1. The number of nitrogens with zero attached hydrogens (tertiary/aromatic N) is 2. The predicted molar refractivity (Wildman–Crippen MR) is 67.4 cm³/mol. The van der Waals surface area contributed by atoms with Crippen LogP contribution in [0.1, 0.15) is 18.4 Å². The highest BCUT2D eigenvalue weighted by Gasteiger charge is 2.23. The molecule has 0 spiro atoms. The zero-order valence-electron chi connectivity index (χ0n) is 10.1. The van der Waals surface area contributed by atoms with E-state index in [-0.39, 0.29) is 19.3 Å². The van der Waals surface area contributed by atoms with Crippen molar-refractivity contribution in [1.82, 2.24) is 9.97 Å². The molecule has 0 radical (unpaired) electrons. The molecule has 0 bridgehead atoms. The van der Waals surface area contributed by atoms with Crippen LogP contribution in [0.25, 0.3) is 11.0 Å². The van der Waals surface area contributed by atoms with Gasteiger partial charge in [-0.1, -0.05) is 0 Å². The SMILES string of the molecule is O=C(O)CCC(Cc1c[nH]c2ncccc12)[N+](=O)[O-]. The van der Waals surface area contributed by atoms with E-state index in [2.05, 4.69) is 9.97 Å². The first-order valence-electron chi connectivity index (χ1n) is 5.84. The molecule has 2 N–H and O–H groups in total. The monoisotopic (exact) mass is 263 g/mol. The molecule has 1 atom stereocenters. The molecule has 2 heterocycles. The van der Waals surface area contributed by atoms with E-state index in [1.165, 1.54) is 0 Å². The lowest BCUT2D eigenvalue weighted by Gasteiger charge is -2.07. The van der Waals surface area contributed by atoms with Crippen LogP contribution in [0.2, 0.25) is 0 Å². The largest absolute Gasteiger partial charge is 0.481 e. The fourth-order valence-electron chi connectivity index (χ4n) is 2.01. The van der Waals surface area contributed by atoms with Crippen molar-refractivity contribution < 1.29 is 14.8 Å². The van der Waals surface area contributed by atoms with Crippen LogP contribution in [-0.4, -0.2) is 32.0 Å². The van der Waals surface area contributed by atoms with Gasteiger partial charge in [0, 0.05) is 35.5 Å². The van der Waals surface area contributed by atoms with Gasteiger partial charge in [-0.05, 0) is 17.7 Å². The summed E-state index contributed by atoms with van der Waals surface area (Å²) < 4.78 is 0. The average Bonchev–Trinajstić information content (AvgIpc) is 2.77. The van der Waals surface area contributed by atoms with Gasteiger partial charge in [-0.3, -0.25) is 14.9 Å². The number of nitro groups is 1. The fraction of sp³-hybridized carbons (Fsp3) is 0.333. The van der Waals surface area contributed by atoms with Crippen molar-refractivity contribution >= 4 is 17.0 Å². The summed E-state index contributed by atoms with van der Waals surface area (Å²) in [5.41, 5.74) is 1.47. The zero-order chi connectivity index (χ0) is 13.8. The Balaban J connectivity index is 2.16. The normalized spacial score (nSPS) is 12.4. The summed E-state index contributed by atoms with van der Waals surface area (Å²) in [5, 5.41) is 20.4. The Morgan fingerprint density at radius 1 is 1.58 bits per heavy atom. The second-order valence-corrected chi connectivity index (χ2v) is 4.29. The molecule has 7 nitrogen and oxygen atoms in total. The van der Waals surface area contributed by atoms with E-state index < -0.39 is 16.9 Å². The topological polar surface area (TPSA) is 109 Å². The molecule has 7 heteroatoms. The molecule has 2 aromatic rings. The van der Waals surface area contributed by atoms with Gasteiger partial charge in [0.25, 0.3) is 0 Å². The van der Waals surface area contributed by atoms with Crippen molar-refractivity contribution in [1.29, 1.82) is 0 Å². The standard InChI is InChI=1S/C12H13N3O4/c16-11(17)4-3-9(15(18)19)6-8-7-14-12-10(8)2-1-5-13-12/h1-2,5,7,9H,3-4,6H2,(H,13,14)(H,16,17). The van der Waals surface area contributed by atoms with Crippen molar-refractivity contribution in [3.8, 4) is 0 Å². The molecule has 0 saturated carbocycles. The summed E-state index contributed by atoms with van der Waals surface area (Å²) in [7, 11) is 0. The van der Waals surface area contributed by atoms with Gasteiger partial charge in [-0.15, -0.1) is 0 Å². The fourth-order valence-corrected chi connectivity index (χ4v) is 2.01. The maximum Gasteiger partial charge on any atom is 0.303 e. The molecule has 2 aromatic heterocycles. The molecule has 2 rings (SSSR count). The summed E-state index contributed by atoms with van der Waals surface area (Å²) in [6.07, 6.45) is 3.35. The molecule has 0 aromatic carbocycles. The van der Waals surface area contributed by atoms with E-state index in [4.69, 9.17) is 5.11 Å². The van der Waals surface area contributed by atoms with Gasteiger partial charge >= 0.3 is 5.97 Å². The smallest absolute Gasteiger partial charge is 0.303 e. The summed E-state index contributed by atoms with van der Waals surface area (Å²) >= 11 is 0. The van der Waals surface area contributed by atoms with Crippen molar-refractivity contribution in [3.05, 3.63) is 40.2 Å². The molecule has 0 amide bonds. The molecule has 0 aliphatic carbocycles. The Kier molecular flexibility index (Phi) is 3.74. The van der Waals surface area contributed by atoms with Gasteiger partial charge in [-0.2, -0.15) is 0 Å². The first-order chi connectivity index (χ1) is 9.08. The summed E-state index contributed by atoms with van der Waals surface area (Å²) in [6.45, 7) is 0. The summed E-state index contributed by atoms with van der Waals surface area (Å²) in [6, 6.07) is 2.70. The van der Waals surface area contributed by atoms with E-state index in [1.807, 2.05) is 6.07 Å². The van der Waals surface area contributed by atoms with Crippen LogP contribution >= 0.6 is 0 Å². The second-order valence-electron chi connectivity index (χ2n) is 4.29. The van der Waals surface area contributed by atoms with Gasteiger partial charge in [0.2, 0.25) is 6.04 Å². The average molecular weight is 263 g/mol. The highest BCUT2D eigenvalue weighted by Crippen LogP contribution is 2.19. The van der Waals surface area contributed by atoms with Crippen LogP contribution in [0, 0.1) is 10.1 Å². The van der Waals surface area contributed by atoms with E-state index in [9.17, 15) is 14.9 Å². The number of carboxylic acid groups (broad SMARTS) is 1. The Labute approximate surface area is 108 Å². The number of aliphatic carboxylic acids is 1. The van der Waals surface area contributed by atoms with Crippen LogP contribution in [0.15, 0.2) is 24.5 Å². The third-order valence-electron chi connectivity index (χ3n) is 2.98. The number of fused-ring (bicyclic) bond motifs is 1. The number of nitrogens with one attached hydrogen (secondary N) is 1. The van der Waals surface area contributed by atoms with Crippen LogP contribution < -0.4 is 0 Å². The minimum Gasteiger partial charge on any atom is -0.481 e. The summed E-state index contributed by atoms with van der Waals surface area (Å²) in [4.78, 5) is 28.1. The molecule has 0 aliphatic rings. The molecule has 0 saturated heterocycles. The van der Waals surface area contributed by atoms with E-state index in [1.54, 1.807) is 18.5 Å². The van der Waals surface area contributed by atoms with Crippen molar-refractivity contribution in [2.45, 2.75) is 25.3 Å². The molecule has 100 valence electrons. The number of carboxylic acids is 1. The number of carbonyl (C=O) groups is 1. The van der Waals surface area contributed by atoms with Crippen molar-refractivity contribution in [2.75, 3.05) is 0 Å². The molecule has 0 aliphatic heterocycles. The molecule has 19 heavy (non-hydrogen) atoms. The Bertz CT molecular complexity index is 608. The lowest BCUT2D eigenvalue weighted by Crippen LogP contribution is -2.23. The number of H-pyrrole nitrogens is 1. The van der Waals surface area contributed by atoms with Crippen molar-refractivity contribution in [2.24, 2.45) is 0 Å². The van der Waals surface area contributed by atoms with Gasteiger partial charge in [0.15, 0.2) is 0 Å². The minimum atomic E-state index is -1.02. The predicted octanol–water partition coefficient (Wildman–Crippen LogP) is 1.62. The maximum atomic E-state index is 11.0. The zero-order valence-corrected chi connectivity index (χ0v) is 10.1. The van der Waals surface area contributed by atoms with Gasteiger partial charge < -0.3 is 10.1 Å². The number of aromatic nitrogens is 2. The van der Waals surface area contributed by atoms with Crippen LogP contribution in [0.4, 0.5) is 0 Å². The lowest BCUT2D eigenvalue weighted by atomic mass is 10.0. The summed E-state index contributed by atoms with van der Waals surface area (Å²) in [5.74, 6) is -1.02. The first-order valence-corrected chi connectivity index (χ1v) is 5.84. The third kappa shape index (κ3) is 3.06. The maximum absolute atomic E-state index is 11.0. The Hall–Kier alpha value is -2.44. The van der Waals surface area contributed by atoms with Gasteiger partial charge in [0.05, 0.1) is 6.42 Å². The first kappa shape index (κ1) is 13.0. The second kappa shape index (κ2) is 5.47. The van der Waals surface area contributed by atoms with Crippen LogP contribution in [-0.2, 0) is 11.2 Å². The van der Waals surface area contributed by atoms with Gasteiger partial charge in [-0.25, -0.2) is 4.98 Å². The molecular formula is C12H13N3O4. The highest BCUT2D eigenvalue weighted by molar-refractivity contribution is 5.79. The quantitative estimate of drug-likeness (QED) is 0.607. The van der Waals surface area contributed by atoms with Crippen LogP contribution in [0.5, 0.6) is 0 Å². The van der Waals surface area contributed by atoms with E-state index >= 15 is 0 Å². The van der Waals surface area contributed by atoms with Gasteiger partial charge in [0.1, 0.15) is 5.65 Å². The van der Waals surface area contributed by atoms with Crippen LogP contribution in [0.3, 0.4) is 0 Å². The van der Waals surface area contributed by atoms with E-state index in [0.29, 0.717) is 5.65 Å². The molecule has 0 fully saturated rings. The molecular weight excluding hydrogens is 250 g/mol. The number of hydrogen-bond acceptors (Lipinski definition) is 4. The number of hydrogen-bond donors (Lipinski definition) is 2. The van der Waals surface area contributed by atoms with E-state index in [0.717, 1.165) is 10.9 Å². The Morgan fingerprint density at radius 3 is 3.05 bits per heavy atom. The van der Waals surface area contributed by atoms with Crippen molar-refractivity contribution in [3.63, 3.8) is 0 Å². The highest BCUT2D eigenvalue weighted by atomic mass is 16.6. The number of rotatable bonds is 6. The lowest BCUT2D eigenvalue weighted by molar-refractivity contribution is -0.522. The number of aromatic amines is 1. The molecule has 1 unspecified atom stereocenters.